The fourth-order valence-corrected chi connectivity index (χ4v) is 2.20. The third-order valence-corrected chi connectivity index (χ3v) is 3.09. The van der Waals surface area contributed by atoms with Gasteiger partial charge in [0, 0.05) is 11.8 Å². The van der Waals surface area contributed by atoms with Crippen molar-refractivity contribution in [2.45, 2.75) is 31.3 Å². The van der Waals surface area contributed by atoms with Crippen LogP contribution in [-0.2, 0) is 9.47 Å². The van der Waals surface area contributed by atoms with Crippen molar-refractivity contribution in [3.05, 3.63) is 18.1 Å². The monoisotopic (exact) mass is 238 g/mol. The first kappa shape index (κ1) is 10.9. The summed E-state index contributed by atoms with van der Waals surface area (Å²) in [6, 6.07) is 0. The van der Waals surface area contributed by atoms with Gasteiger partial charge >= 0.3 is 0 Å². The van der Waals surface area contributed by atoms with Crippen LogP contribution >= 0.6 is 0 Å². The molecule has 0 amide bonds. The highest BCUT2D eigenvalue weighted by Crippen LogP contribution is 2.29. The maximum Gasteiger partial charge on any atom is 0.219 e. The minimum Gasteiger partial charge on any atom is -0.469 e. The largest absolute Gasteiger partial charge is 0.469 e. The molecule has 3 rings (SSSR count). The Balaban J connectivity index is 1.73. The number of ether oxygens (including phenoxy) is 3. The van der Waals surface area contributed by atoms with Gasteiger partial charge in [0.15, 0.2) is 6.10 Å². The van der Waals surface area contributed by atoms with Gasteiger partial charge in [0.1, 0.15) is 24.6 Å². The van der Waals surface area contributed by atoms with Gasteiger partial charge in [-0.1, -0.05) is 0 Å². The molecule has 4 atom stereocenters. The van der Waals surface area contributed by atoms with Crippen LogP contribution in [0.1, 0.15) is 5.56 Å². The zero-order chi connectivity index (χ0) is 11.8. The lowest BCUT2D eigenvalue weighted by molar-refractivity contribution is 0.00763. The van der Waals surface area contributed by atoms with E-state index in [4.69, 9.17) is 14.2 Å². The predicted molar refractivity (Wildman–Crippen MR) is 56.7 cm³/mol. The van der Waals surface area contributed by atoms with Crippen LogP contribution in [0.15, 0.2) is 12.5 Å². The van der Waals surface area contributed by atoms with E-state index in [0.717, 1.165) is 5.56 Å². The van der Waals surface area contributed by atoms with Crippen LogP contribution in [0.2, 0.25) is 0 Å². The Morgan fingerprint density at radius 3 is 3.00 bits per heavy atom. The SMILES string of the molecule is Cc1cncnc1O[C@@H]1CO[C@H]2[C@@H]1OC[C@H]2O. The van der Waals surface area contributed by atoms with E-state index in [-0.39, 0.29) is 18.3 Å². The Bertz CT molecular complexity index is 414. The van der Waals surface area contributed by atoms with Gasteiger partial charge in [-0.2, -0.15) is 0 Å². The molecule has 3 heterocycles. The summed E-state index contributed by atoms with van der Waals surface area (Å²) in [5.41, 5.74) is 0.870. The number of fused-ring (bicyclic) bond motifs is 1. The molecule has 1 aromatic rings. The van der Waals surface area contributed by atoms with Crippen molar-refractivity contribution in [1.82, 2.24) is 9.97 Å². The number of aliphatic hydroxyl groups excluding tert-OH is 1. The van der Waals surface area contributed by atoms with Crippen LogP contribution in [0, 0.1) is 6.92 Å². The molecule has 2 fully saturated rings. The van der Waals surface area contributed by atoms with Crippen molar-refractivity contribution < 1.29 is 19.3 Å². The zero-order valence-corrected chi connectivity index (χ0v) is 9.44. The number of hydrogen-bond acceptors (Lipinski definition) is 6. The van der Waals surface area contributed by atoms with Gasteiger partial charge in [-0.15, -0.1) is 0 Å². The maximum absolute atomic E-state index is 9.61. The predicted octanol–water partition coefficient (Wildman–Crippen LogP) is -0.309. The van der Waals surface area contributed by atoms with Gasteiger partial charge in [-0.05, 0) is 6.92 Å². The molecule has 6 nitrogen and oxygen atoms in total. The van der Waals surface area contributed by atoms with Gasteiger partial charge in [0.2, 0.25) is 5.88 Å². The highest BCUT2D eigenvalue weighted by molar-refractivity contribution is 5.20. The molecule has 17 heavy (non-hydrogen) atoms. The second-order valence-corrected chi connectivity index (χ2v) is 4.33. The zero-order valence-electron chi connectivity index (χ0n) is 9.44. The molecule has 92 valence electrons. The third-order valence-electron chi connectivity index (χ3n) is 3.09. The van der Waals surface area contributed by atoms with Crippen LogP contribution < -0.4 is 4.74 Å². The van der Waals surface area contributed by atoms with Gasteiger partial charge in [0.25, 0.3) is 0 Å². The maximum atomic E-state index is 9.61. The molecule has 2 aliphatic heterocycles. The van der Waals surface area contributed by atoms with E-state index >= 15 is 0 Å². The normalized spacial score (nSPS) is 35.9. The Hall–Kier alpha value is -1.24. The lowest BCUT2D eigenvalue weighted by Gasteiger charge is -2.17. The first-order valence-corrected chi connectivity index (χ1v) is 5.60. The second kappa shape index (κ2) is 4.21. The molecule has 1 N–H and O–H groups in total. The summed E-state index contributed by atoms with van der Waals surface area (Å²) < 4.78 is 16.7. The summed E-state index contributed by atoms with van der Waals surface area (Å²) in [6.45, 7) is 2.60. The van der Waals surface area contributed by atoms with E-state index in [1.807, 2.05) is 6.92 Å². The molecule has 0 saturated carbocycles. The number of aryl methyl sites for hydroxylation is 1. The number of hydrogen-bond donors (Lipinski definition) is 1. The van der Waals surface area contributed by atoms with Crippen molar-refractivity contribution >= 4 is 0 Å². The Morgan fingerprint density at radius 1 is 1.35 bits per heavy atom. The number of rotatable bonds is 2. The van der Waals surface area contributed by atoms with Gasteiger partial charge in [-0.3, -0.25) is 0 Å². The fraction of sp³-hybridized carbons (Fsp3) is 0.636. The van der Waals surface area contributed by atoms with E-state index in [0.29, 0.717) is 19.1 Å². The minimum atomic E-state index is -0.555. The second-order valence-electron chi connectivity index (χ2n) is 4.33. The summed E-state index contributed by atoms with van der Waals surface area (Å²) in [4.78, 5) is 7.97. The number of aliphatic hydroxyl groups is 1. The number of aromatic nitrogens is 2. The number of nitrogens with zero attached hydrogens (tertiary/aromatic N) is 2. The lowest BCUT2D eigenvalue weighted by atomic mass is 10.1. The fourth-order valence-electron chi connectivity index (χ4n) is 2.20. The minimum absolute atomic E-state index is 0.209. The average Bonchev–Trinajstić information content (AvgIpc) is 2.87. The molecule has 2 aliphatic rings. The molecule has 6 heteroatoms. The van der Waals surface area contributed by atoms with Gasteiger partial charge < -0.3 is 19.3 Å². The first-order valence-electron chi connectivity index (χ1n) is 5.60. The molecule has 1 aromatic heterocycles. The summed E-state index contributed by atoms with van der Waals surface area (Å²) in [5.74, 6) is 0.541. The molecular formula is C11H14N2O4. The van der Waals surface area contributed by atoms with Crippen LogP contribution in [-0.4, -0.2) is 52.7 Å². The van der Waals surface area contributed by atoms with Crippen LogP contribution in [0.5, 0.6) is 5.88 Å². The van der Waals surface area contributed by atoms with Crippen LogP contribution in [0.25, 0.3) is 0 Å². The lowest BCUT2D eigenvalue weighted by Crippen LogP contribution is -2.34. The van der Waals surface area contributed by atoms with Crippen LogP contribution in [0.4, 0.5) is 0 Å². The van der Waals surface area contributed by atoms with Gasteiger partial charge in [-0.25, -0.2) is 9.97 Å². The van der Waals surface area contributed by atoms with Crippen molar-refractivity contribution in [3.8, 4) is 5.88 Å². The molecular weight excluding hydrogens is 224 g/mol. The Kier molecular flexibility index (Phi) is 2.70. The van der Waals surface area contributed by atoms with Crippen LogP contribution in [0.3, 0.4) is 0 Å². The molecule has 2 saturated heterocycles. The smallest absolute Gasteiger partial charge is 0.219 e. The topological polar surface area (TPSA) is 73.7 Å². The van der Waals surface area contributed by atoms with Crippen molar-refractivity contribution in [1.29, 1.82) is 0 Å². The molecule has 0 unspecified atom stereocenters. The summed E-state index contributed by atoms with van der Waals surface area (Å²) >= 11 is 0. The van der Waals surface area contributed by atoms with Crippen molar-refractivity contribution in [3.63, 3.8) is 0 Å². The third kappa shape index (κ3) is 1.88. The Morgan fingerprint density at radius 2 is 2.18 bits per heavy atom. The molecule has 0 radical (unpaired) electrons. The highest BCUT2D eigenvalue weighted by atomic mass is 16.6. The van der Waals surface area contributed by atoms with E-state index in [1.165, 1.54) is 6.33 Å². The van der Waals surface area contributed by atoms with E-state index in [1.54, 1.807) is 6.20 Å². The summed E-state index contributed by atoms with van der Waals surface area (Å²) in [5, 5.41) is 9.61. The average molecular weight is 238 g/mol. The summed E-state index contributed by atoms with van der Waals surface area (Å²) in [6.07, 6.45) is 1.88. The van der Waals surface area contributed by atoms with Crippen molar-refractivity contribution in [2.24, 2.45) is 0 Å². The molecule has 0 aliphatic carbocycles. The first-order chi connectivity index (χ1) is 8.25. The molecule has 0 aromatic carbocycles. The van der Waals surface area contributed by atoms with Crippen molar-refractivity contribution in [2.75, 3.05) is 13.2 Å². The van der Waals surface area contributed by atoms with Gasteiger partial charge in [0.05, 0.1) is 13.2 Å². The molecule has 0 bridgehead atoms. The Labute approximate surface area is 98.5 Å². The van der Waals surface area contributed by atoms with E-state index < -0.39 is 6.10 Å². The highest BCUT2D eigenvalue weighted by Gasteiger charge is 2.48. The quantitative estimate of drug-likeness (QED) is 0.762. The van der Waals surface area contributed by atoms with E-state index in [9.17, 15) is 5.11 Å². The standard InChI is InChI=1S/C11H14N2O4/c1-6-2-12-5-13-11(6)17-8-4-16-9-7(14)3-15-10(8)9/h2,5,7-10,14H,3-4H2,1H3/t7-,8-,9-,10-/m1/s1. The summed E-state index contributed by atoms with van der Waals surface area (Å²) in [7, 11) is 0. The molecule has 0 spiro atoms. The van der Waals surface area contributed by atoms with E-state index in [2.05, 4.69) is 9.97 Å².